The van der Waals surface area contributed by atoms with Gasteiger partial charge in [-0.3, -0.25) is 9.78 Å². The van der Waals surface area contributed by atoms with Crippen LogP contribution in [0.3, 0.4) is 0 Å². The van der Waals surface area contributed by atoms with Crippen LogP contribution in [0.1, 0.15) is 47.2 Å². The fraction of sp³-hybridized carbons (Fsp3) is 0.348. The Morgan fingerprint density at radius 1 is 1.25 bits per heavy atom. The van der Waals surface area contributed by atoms with Crippen molar-refractivity contribution in [1.29, 1.82) is 0 Å². The first-order chi connectivity index (χ1) is 15.3. The topological polar surface area (TPSA) is 107 Å². The van der Waals surface area contributed by atoms with Crippen LogP contribution in [0.15, 0.2) is 30.6 Å². The molecule has 8 nitrogen and oxygen atoms in total. The second kappa shape index (κ2) is 8.49. The highest BCUT2D eigenvalue weighted by Gasteiger charge is 2.37. The fourth-order valence-electron chi connectivity index (χ4n) is 4.16. The molecule has 1 aliphatic heterocycles. The Hall–Kier alpha value is -3.62. The standard InChI is InChI=1S/C23H25FN6O2/c1-12(2)11-30-19(8-17-21(22(30)31)13(3)27-23(25)29-17)15-6-5-14(24)7-16(15)18-9-26-10-20(28-18)32-4/h5-7,9-10,12,19H,8,11H2,1-4H3,(H2,25,27,29)/t19-/m1/s1. The second-order valence-corrected chi connectivity index (χ2v) is 8.24. The van der Waals surface area contributed by atoms with Crippen molar-refractivity contribution in [1.82, 2.24) is 24.8 Å². The zero-order chi connectivity index (χ0) is 23.0. The number of ether oxygens (including phenoxy) is 1. The Morgan fingerprint density at radius 3 is 2.75 bits per heavy atom. The molecule has 1 amide bonds. The van der Waals surface area contributed by atoms with Crippen molar-refractivity contribution in [2.75, 3.05) is 19.4 Å². The van der Waals surface area contributed by atoms with Gasteiger partial charge in [-0.2, -0.15) is 0 Å². The molecule has 0 radical (unpaired) electrons. The minimum atomic E-state index is -0.409. The minimum Gasteiger partial charge on any atom is -0.480 e. The molecule has 166 valence electrons. The monoisotopic (exact) mass is 436 g/mol. The van der Waals surface area contributed by atoms with Crippen LogP contribution in [-0.4, -0.2) is 44.4 Å². The zero-order valence-corrected chi connectivity index (χ0v) is 18.5. The van der Waals surface area contributed by atoms with E-state index in [9.17, 15) is 9.18 Å². The van der Waals surface area contributed by atoms with Crippen LogP contribution in [0, 0.1) is 18.7 Å². The molecular weight excluding hydrogens is 411 g/mol. The van der Waals surface area contributed by atoms with Gasteiger partial charge in [0.1, 0.15) is 5.82 Å². The summed E-state index contributed by atoms with van der Waals surface area (Å²) in [5, 5.41) is 0. The maximum Gasteiger partial charge on any atom is 0.258 e. The summed E-state index contributed by atoms with van der Waals surface area (Å²) in [6.07, 6.45) is 3.46. The van der Waals surface area contributed by atoms with Crippen molar-refractivity contribution >= 4 is 11.9 Å². The maximum absolute atomic E-state index is 14.3. The van der Waals surface area contributed by atoms with E-state index in [0.29, 0.717) is 47.1 Å². The number of carbonyl (C=O) groups excluding carboxylic acids is 1. The van der Waals surface area contributed by atoms with Crippen molar-refractivity contribution < 1.29 is 13.9 Å². The molecule has 0 spiro atoms. The number of amides is 1. The number of nitrogens with zero attached hydrogens (tertiary/aromatic N) is 5. The van der Waals surface area contributed by atoms with Crippen molar-refractivity contribution in [3.8, 4) is 17.1 Å². The van der Waals surface area contributed by atoms with E-state index in [1.54, 1.807) is 19.2 Å². The van der Waals surface area contributed by atoms with E-state index in [1.165, 1.54) is 25.4 Å². The third kappa shape index (κ3) is 3.98. The summed E-state index contributed by atoms with van der Waals surface area (Å²) in [6.45, 7) is 6.38. The van der Waals surface area contributed by atoms with Crippen LogP contribution < -0.4 is 10.5 Å². The lowest BCUT2D eigenvalue weighted by molar-refractivity contribution is 0.0615. The highest BCUT2D eigenvalue weighted by Crippen LogP contribution is 2.38. The largest absolute Gasteiger partial charge is 0.480 e. The van der Waals surface area contributed by atoms with Gasteiger partial charge in [0.15, 0.2) is 0 Å². The molecule has 1 aliphatic rings. The Morgan fingerprint density at radius 2 is 2.03 bits per heavy atom. The highest BCUT2D eigenvalue weighted by atomic mass is 19.1. The summed E-state index contributed by atoms with van der Waals surface area (Å²) in [4.78, 5) is 32.5. The van der Waals surface area contributed by atoms with E-state index in [4.69, 9.17) is 10.5 Å². The van der Waals surface area contributed by atoms with Crippen molar-refractivity contribution in [2.45, 2.75) is 33.2 Å². The molecule has 0 saturated heterocycles. The van der Waals surface area contributed by atoms with Gasteiger partial charge in [0.2, 0.25) is 11.8 Å². The summed E-state index contributed by atoms with van der Waals surface area (Å²) in [5.74, 6) is 0.0998. The van der Waals surface area contributed by atoms with Crippen LogP contribution in [-0.2, 0) is 6.42 Å². The quantitative estimate of drug-likeness (QED) is 0.653. The molecule has 0 saturated carbocycles. The van der Waals surface area contributed by atoms with E-state index < -0.39 is 5.82 Å². The Kier molecular flexibility index (Phi) is 5.73. The summed E-state index contributed by atoms with van der Waals surface area (Å²) in [5.41, 5.74) is 9.27. The predicted octanol–water partition coefficient (Wildman–Crippen LogP) is 3.37. The molecule has 3 aromatic rings. The number of methoxy groups -OCH3 is 1. The first kappa shape index (κ1) is 21.6. The zero-order valence-electron chi connectivity index (χ0n) is 18.5. The summed E-state index contributed by atoms with van der Waals surface area (Å²) >= 11 is 0. The molecule has 0 fully saturated rings. The molecule has 0 unspecified atom stereocenters. The lowest BCUT2D eigenvalue weighted by Gasteiger charge is -2.38. The van der Waals surface area contributed by atoms with Crippen molar-refractivity contribution in [2.24, 2.45) is 5.92 Å². The number of rotatable bonds is 5. The number of nitrogens with two attached hydrogens (primary N) is 1. The number of aryl methyl sites for hydroxylation is 1. The molecule has 1 aromatic carbocycles. The molecule has 3 heterocycles. The number of hydrogen-bond acceptors (Lipinski definition) is 7. The third-order valence-electron chi connectivity index (χ3n) is 5.45. The van der Waals surface area contributed by atoms with Crippen molar-refractivity contribution in [3.63, 3.8) is 0 Å². The lowest BCUT2D eigenvalue weighted by Crippen LogP contribution is -2.43. The number of aromatic nitrogens is 4. The van der Waals surface area contributed by atoms with E-state index in [-0.39, 0.29) is 23.8 Å². The summed E-state index contributed by atoms with van der Waals surface area (Å²) < 4.78 is 19.5. The molecule has 9 heteroatoms. The van der Waals surface area contributed by atoms with Gasteiger partial charge in [-0.1, -0.05) is 19.9 Å². The van der Waals surface area contributed by atoms with Gasteiger partial charge in [0.05, 0.1) is 48.2 Å². The van der Waals surface area contributed by atoms with Crippen molar-refractivity contribution in [3.05, 3.63) is 58.9 Å². The average molecular weight is 436 g/mol. The van der Waals surface area contributed by atoms with Crippen LogP contribution in [0.4, 0.5) is 10.3 Å². The second-order valence-electron chi connectivity index (χ2n) is 8.24. The highest BCUT2D eigenvalue weighted by molar-refractivity contribution is 5.98. The SMILES string of the molecule is COc1cncc(-c2cc(F)ccc2[C@H]2Cc3nc(N)nc(C)c3C(=O)N2CC(C)C)n1. The molecule has 4 rings (SSSR count). The number of carbonyl (C=O) groups is 1. The van der Waals surface area contributed by atoms with Gasteiger partial charge >= 0.3 is 0 Å². The molecule has 2 N–H and O–H groups in total. The number of halogens is 1. The van der Waals surface area contributed by atoms with E-state index in [2.05, 4.69) is 19.9 Å². The van der Waals surface area contributed by atoms with Crippen LogP contribution >= 0.6 is 0 Å². The van der Waals surface area contributed by atoms with Gasteiger partial charge in [0, 0.05) is 18.5 Å². The molecular formula is C23H25FN6O2. The minimum absolute atomic E-state index is 0.128. The van der Waals surface area contributed by atoms with Gasteiger partial charge in [-0.05, 0) is 30.5 Å². The smallest absolute Gasteiger partial charge is 0.258 e. The molecule has 0 aliphatic carbocycles. The molecule has 2 aromatic heterocycles. The summed E-state index contributed by atoms with van der Waals surface area (Å²) in [7, 11) is 1.49. The molecule has 1 atom stereocenters. The maximum atomic E-state index is 14.3. The number of nitrogen functional groups attached to an aromatic ring is 1. The van der Waals surface area contributed by atoms with Crippen LogP contribution in [0.5, 0.6) is 5.88 Å². The van der Waals surface area contributed by atoms with Crippen LogP contribution in [0.25, 0.3) is 11.3 Å². The van der Waals surface area contributed by atoms with Gasteiger partial charge < -0.3 is 15.4 Å². The first-order valence-electron chi connectivity index (χ1n) is 10.4. The summed E-state index contributed by atoms with van der Waals surface area (Å²) in [6, 6.07) is 4.11. The first-order valence-corrected chi connectivity index (χ1v) is 10.4. The number of anilines is 1. The van der Waals surface area contributed by atoms with Gasteiger partial charge in [0.25, 0.3) is 5.91 Å². The Balaban J connectivity index is 1.90. The average Bonchev–Trinajstić information content (AvgIpc) is 2.75. The normalized spacial score (nSPS) is 15.8. The van der Waals surface area contributed by atoms with E-state index >= 15 is 0 Å². The third-order valence-corrected chi connectivity index (χ3v) is 5.45. The van der Waals surface area contributed by atoms with Gasteiger partial charge in [-0.25, -0.2) is 19.3 Å². The fourth-order valence-corrected chi connectivity index (χ4v) is 4.16. The number of hydrogen-bond donors (Lipinski definition) is 1. The number of benzene rings is 1. The van der Waals surface area contributed by atoms with E-state index in [0.717, 1.165) is 5.56 Å². The molecule has 32 heavy (non-hydrogen) atoms. The van der Waals surface area contributed by atoms with Crippen LogP contribution in [0.2, 0.25) is 0 Å². The predicted molar refractivity (Wildman–Crippen MR) is 117 cm³/mol. The van der Waals surface area contributed by atoms with E-state index in [1.807, 2.05) is 18.7 Å². The van der Waals surface area contributed by atoms with Gasteiger partial charge in [-0.15, -0.1) is 0 Å². The Labute approximate surface area is 185 Å². The number of fused-ring (bicyclic) bond motifs is 1. The Bertz CT molecular complexity index is 1180. The lowest BCUT2D eigenvalue weighted by atomic mass is 9.88. The molecule has 0 bridgehead atoms.